The van der Waals surface area contributed by atoms with E-state index < -0.39 is 0 Å². The number of hydrogen-bond acceptors (Lipinski definition) is 3. The Kier molecular flexibility index (Phi) is 6.34. The van der Waals surface area contributed by atoms with E-state index >= 15 is 0 Å². The lowest BCUT2D eigenvalue weighted by Gasteiger charge is -2.15. The monoisotopic (exact) mass is 344 g/mol. The molecule has 0 spiro atoms. The minimum atomic E-state index is -0.223. The highest BCUT2D eigenvalue weighted by Gasteiger charge is 2.19. The highest BCUT2D eigenvalue weighted by atomic mass is 35.5. The van der Waals surface area contributed by atoms with Gasteiger partial charge in [0.1, 0.15) is 5.75 Å². The molecule has 2 amide bonds. The molecule has 0 radical (unpaired) electrons. The van der Waals surface area contributed by atoms with Crippen molar-refractivity contribution in [1.82, 2.24) is 10.2 Å². The van der Waals surface area contributed by atoms with E-state index in [2.05, 4.69) is 5.32 Å². The van der Waals surface area contributed by atoms with E-state index in [0.29, 0.717) is 35.3 Å². The van der Waals surface area contributed by atoms with Gasteiger partial charge in [0.15, 0.2) is 6.61 Å². The number of nitrogens with one attached hydrogen (secondary N) is 1. The van der Waals surface area contributed by atoms with Gasteiger partial charge in [-0.2, -0.15) is 0 Å². The first kappa shape index (κ1) is 16.9. The van der Waals surface area contributed by atoms with Crippen molar-refractivity contribution in [1.29, 1.82) is 0 Å². The molecule has 7 heteroatoms. The number of rotatable bonds is 7. The topological polar surface area (TPSA) is 58.6 Å². The second kappa shape index (κ2) is 8.25. The van der Waals surface area contributed by atoms with Crippen LogP contribution in [0.3, 0.4) is 0 Å². The molecule has 22 heavy (non-hydrogen) atoms. The quantitative estimate of drug-likeness (QED) is 0.773. The fourth-order valence-electron chi connectivity index (χ4n) is 2.22. The number of carbonyl (C=O) groups is 2. The predicted molar refractivity (Wildman–Crippen MR) is 85.4 cm³/mol. The van der Waals surface area contributed by atoms with Gasteiger partial charge in [-0.1, -0.05) is 23.2 Å². The zero-order valence-corrected chi connectivity index (χ0v) is 13.6. The summed E-state index contributed by atoms with van der Waals surface area (Å²) in [4.78, 5) is 24.9. The third kappa shape index (κ3) is 5.07. The van der Waals surface area contributed by atoms with Gasteiger partial charge in [0, 0.05) is 31.1 Å². The van der Waals surface area contributed by atoms with Gasteiger partial charge in [-0.05, 0) is 31.0 Å². The number of nitrogens with zero attached hydrogens (tertiary/aromatic N) is 1. The molecule has 1 aromatic carbocycles. The van der Waals surface area contributed by atoms with Crippen LogP contribution < -0.4 is 10.1 Å². The predicted octanol–water partition coefficient (Wildman–Crippen LogP) is 2.50. The first-order valence-electron chi connectivity index (χ1n) is 7.18. The smallest absolute Gasteiger partial charge is 0.257 e. The number of halogens is 2. The largest absolute Gasteiger partial charge is 0.482 e. The number of amides is 2. The van der Waals surface area contributed by atoms with Crippen LogP contribution >= 0.6 is 23.2 Å². The summed E-state index contributed by atoms with van der Waals surface area (Å²) in [6, 6.07) is 4.83. The van der Waals surface area contributed by atoms with Crippen LogP contribution in [0.2, 0.25) is 10.0 Å². The van der Waals surface area contributed by atoms with E-state index in [1.165, 1.54) is 0 Å². The average Bonchev–Trinajstić information content (AvgIpc) is 2.88. The van der Waals surface area contributed by atoms with E-state index in [1.54, 1.807) is 18.2 Å². The molecule has 120 valence electrons. The average molecular weight is 345 g/mol. The number of likely N-dealkylation sites (tertiary alicyclic amines) is 1. The Bertz CT molecular complexity index is 552. The second-order valence-electron chi connectivity index (χ2n) is 5.05. The Morgan fingerprint density at radius 3 is 2.86 bits per heavy atom. The molecule has 1 aliphatic rings. The van der Waals surface area contributed by atoms with Gasteiger partial charge in [-0.3, -0.25) is 9.59 Å². The van der Waals surface area contributed by atoms with Crippen molar-refractivity contribution < 1.29 is 14.3 Å². The van der Waals surface area contributed by atoms with Crippen molar-refractivity contribution in [2.24, 2.45) is 0 Å². The van der Waals surface area contributed by atoms with Crippen molar-refractivity contribution >= 4 is 35.0 Å². The van der Waals surface area contributed by atoms with Crippen LogP contribution in [0.5, 0.6) is 5.75 Å². The van der Waals surface area contributed by atoms with Gasteiger partial charge in [-0.25, -0.2) is 0 Å². The van der Waals surface area contributed by atoms with Crippen LogP contribution in [0.4, 0.5) is 0 Å². The lowest BCUT2D eigenvalue weighted by molar-refractivity contribution is -0.127. The lowest BCUT2D eigenvalue weighted by atomic mass is 10.3. The number of hydrogen-bond donors (Lipinski definition) is 1. The van der Waals surface area contributed by atoms with Gasteiger partial charge in [-0.15, -0.1) is 0 Å². The standard InChI is InChI=1S/C15H18Cl2N2O3/c16-11-4-5-13(12(17)9-11)22-10-14(20)18-6-2-8-19-7-1-3-15(19)21/h4-5,9H,1-3,6-8,10H2,(H,18,20). The van der Waals surface area contributed by atoms with Crippen molar-refractivity contribution in [3.63, 3.8) is 0 Å². The van der Waals surface area contributed by atoms with Crippen LogP contribution in [-0.4, -0.2) is 43.0 Å². The molecule has 0 saturated carbocycles. The minimum Gasteiger partial charge on any atom is -0.482 e. The van der Waals surface area contributed by atoms with Gasteiger partial charge < -0.3 is 15.0 Å². The van der Waals surface area contributed by atoms with Crippen LogP contribution in [-0.2, 0) is 9.59 Å². The van der Waals surface area contributed by atoms with E-state index in [9.17, 15) is 9.59 Å². The molecule has 0 bridgehead atoms. The maximum Gasteiger partial charge on any atom is 0.257 e. The third-order valence-electron chi connectivity index (χ3n) is 3.35. The Morgan fingerprint density at radius 2 is 2.18 bits per heavy atom. The molecule has 1 aromatic rings. The van der Waals surface area contributed by atoms with E-state index in [1.807, 2.05) is 4.90 Å². The van der Waals surface area contributed by atoms with E-state index in [0.717, 1.165) is 19.4 Å². The van der Waals surface area contributed by atoms with Crippen molar-refractivity contribution in [2.75, 3.05) is 26.2 Å². The Labute approximate surface area is 139 Å². The first-order valence-corrected chi connectivity index (χ1v) is 7.94. The molecule has 2 rings (SSSR count). The summed E-state index contributed by atoms with van der Waals surface area (Å²) in [5, 5.41) is 3.63. The normalized spacial score (nSPS) is 14.3. The van der Waals surface area contributed by atoms with Crippen LogP contribution in [0, 0.1) is 0 Å². The third-order valence-corrected chi connectivity index (χ3v) is 3.88. The molecule has 0 aromatic heterocycles. The van der Waals surface area contributed by atoms with Crippen molar-refractivity contribution in [3.8, 4) is 5.75 Å². The maximum absolute atomic E-state index is 11.7. The minimum absolute atomic E-state index is 0.107. The van der Waals surface area contributed by atoms with Gasteiger partial charge >= 0.3 is 0 Å². The summed E-state index contributed by atoms with van der Waals surface area (Å²) in [7, 11) is 0. The summed E-state index contributed by atoms with van der Waals surface area (Å²) >= 11 is 11.7. The zero-order chi connectivity index (χ0) is 15.9. The molecule has 0 aliphatic carbocycles. The highest BCUT2D eigenvalue weighted by Crippen LogP contribution is 2.27. The van der Waals surface area contributed by atoms with Gasteiger partial charge in [0.2, 0.25) is 5.91 Å². The Hall–Kier alpha value is -1.46. The summed E-state index contributed by atoms with van der Waals surface area (Å²) < 4.78 is 5.33. The van der Waals surface area contributed by atoms with Crippen molar-refractivity contribution in [3.05, 3.63) is 28.2 Å². The molecule has 1 saturated heterocycles. The summed E-state index contributed by atoms with van der Waals surface area (Å²) in [5.74, 6) is 0.398. The molecule has 1 fully saturated rings. The molecule has 5 nitrogen and oxygen atoms in total. The lowest BCUT2D eigenvalue weighted by Crippen LogP contribution is -2.33. The molecule has 0 atom stereocenters. The fourth-order valence-corrected chi connectivity index (χ4v) is 2.69. The summed E-state index contributed by atoms with van der Waals surface area (Å²) in [6.07, 6.45) is 2.31. The number of benzene rings is 1. The first-order chi connectivity index (χ1) is 10.6. The summed E-state index contributed by atoms with van der Waals surface area (Å²) in [6.45, 7) is 1.91. The second-order valence-corrected chi connectivity index (χ2v) is 5.89. The fraction of sp³-hybridized carbons (Fsp3) is 0.467. The van der Waals surface area contributed by atoms with Crippen LogP contribution in [0.15, 0.2) is 18.2 Å². The van der Waals surface area contributed by atoms with Crippen LogP contribution in [0.25, 0.3) is 0 Å². The maximum atomic E-state index is 11.7. The molecule has 0 unspecified atom stereocenters. The van der Waals surface area contributed by atoms with E-state index in [-0.39, 0.29) is 18.4 Å². The Morgan fingerprint density at radius 1 is 1.36 bits per heavy atom. The molecule has 1 N–H and O–H groups in total. The number of carbonyl (C=O) groups excluding carboxylic acids is 2. The highest BCUT2D eigenvalue weighted by molar-refractivity contribution is 6.35. The molecule has 1 heterocycles. The zero-order valence-electron chi connectivity index (χ0n) is 12.1. The van der Waals surface area contributed by atoms with Crippen LogP contribution in [0.1, 0.15) is 19.3 Å². The Balaban J connectivity index is 1.62. The van der Waals surface area contributed by atoms with Gasteiger partial charge in [0.25, 0.3) is 5.91 Å². The van der Waals surface area contributed by atoms with Crippen molar-refractivity contribution in [2.45, 2.75) is 19.3 Å². The number of ether oxygens (including phenoxy) is 1. The molecular formula is C15H18Cl2N2O3. The van der Waals surface area contributed by atoms with Gasteiger partial charge in [0.05, 0.1) is 5.02 Å². The molecular weight excluding hydrogens is 327 g/mol. The van der Waals surface area contributed by atoms with E-state index in [4.69, 9.17) is 27.9 Å². The SMILES string of the molecule is O=C(COc1ccc(Cl)cc1Cl)NCCCN1CCCC1=O. The molecule has 1 aliphatic heterocycles. The summed E-state index contributed by atoms with van der Waals surface area (Å²) in [5.41, 5.74) is 0.